The van der Waals surface area contributed by atoms with Crippen molar-refractivity contribution in [2.24, 2.45) is 11.7 Å². The molecule has 0 aromatic rings. The Bertz CT molecular complexity index is 170. The molecule has 2 atom stereocenters. The van der Waals surface area contributed by atoms with Gasteiger partial charge in [0.1, 0.15) is 0 Å². The van der Waals surface area contributed by atoms with Crippen molar-refractivity contribution >= 4 is 5.97 Å². The zero-order valence-electron chi connectivity index (χ0n) is 7.36. The number of nitrogens with two attached hydrogens (primary N) is 1. The van der Waals surface area contributed by atoms with E-state index in [4.69, 9.17) is 10.8 Å². The molecule has 70 valence electrons. The van der Waals surface area contributed by atoms with Crippen molar-refractivity contribution in [2.45, 2.75) is 19.4 Å². The molecular weight excluding hydrogens is 156 g/mol. The molecule has 0 aliphatic carbocycles. The Morgan fingerprint density at radius 2 is 2.50 bits per heavy atom. The Labute approximate surface area is 72.3 Å². The first-order valence-electron chi connectivity index (χ1n) is 4.29. The van der Waals surface area contributed by atoms with Crippen LogP contribution in [-0.2, 0) is 4.79 Å². The van der Waals surface area contributed by atoms with Gasteiger partial charge in [-0.3, -0.25) is 9.69 Å². The molecule has 4 heteroatoms. The second-order valence-electron chi connectivity index (χ2n) is 3.54. The first kappa shape index (κ1) is 9.48. The smallest absolute Gasteiger partial charge is 0.317 e. The van der Waals surface area contributed by atoms with Gasteiger partial charge in [-0.25, -0.2) is 0 Å². The van der Waals surface area contributed by atoms with Crippen LogP contribution in [0.4, 0.5) is 0 Å². The molecule has 0 amide bonds. The van der Waals surface area contributed by atoms with Crippen LogP contribution in [0.15, 0.2) is 0 Å². The second kappa shape index (κ2) is 3.87. The van der Waals surface area contributed by atoms with Crippen molar-refractivity contribution in [1.82, 2.24) is 4.90 Å². The van der Waals surface area contributed by atoms with E-state index in [-0.39, 0.29) is 12.6 Å². The lowest BCUT2D eigenvalue weighted by atomic mass is 10.0. The minimum absolute atomic E-state index is 0.156. The average molecular weight is 172 g/mol. The normalized spacial score (nSPS) is 27.3. The van der Waals surface area contributed by atoms with Gasteiger partial charge < -0.3 is 10.8 Å². The maximum Gasteiger partial charge on any atom is 0.317 e. The molecule has 0 spiro atoms. The van der Waals surface area contributed by atoms with Crippen LogP contribution in [0, 0.1) is 5.92 Å². The van der Waals surface area contributed by atoms with Gasteiger partial charge in [-0.05, 0) is 25.8 Å². The Hall–Kier alpha value is -0.610. The minimum Gasteiger partial charge on any atom is -0.480 e. The van der Waals surface area contributed by atoms with Crippen LogP contribution in [0.5, 0.6) is 0 Å². The Morgan fingerprint density at radius 1 is 1.83 bits per heavy atom. The van der Waals surface area contributed by atoms with Gasteiger partial charge in [0.2, 0.25) is 0 Å². The van der Waals surface area contributed by atoms with E-state index in [2.05, 4.69) is 0 Å². The molecule has 12 heavy (non-hydrogen) atoms. The largest absolute Gasteiger partial charge is 0.480 e. The quantitative estimate of drug-likeness (QED) is 0.615. The van der Waals surface area contributed by atoms with Gasteiger partial charge in [0.15, 0.2) is 0 Å². The summed E-state index contributed by atoms with van der Waals surface area (Å²) in [5, 5.41) is 8.53. The molecule has 1 aliphatic rings. The number of rotatable bonds is 3. The summed E-state index contributed by atoms with van der Waals surface area (Å²) < 4.78 is 0. The van der Waals surface area contributed by atoms with E-state index in [9.17, 15) is 4.79 Å². The molecule has 1 rings (SSSR count). The van der Waals surface area contributed by atoms with Crippen molar-refractivity contribution in [3.05, 3.63) is 0 Å². The second-order valence-corrected chi connectivity index (χ2v) is 3.54. The zero-order valence-corrected chi connectivity index (χ0v) is 7.36. The van der Waals surface area contributed by atoms with Gasteiger partial charge in [0.05, 0.1) is 6.54 Å². The fraction of sp³-hybridized carbons (Fsp3) is 0.875. The van der Waals surface area contributed by atoms with Gasteiger partial charge in [-0.15, -0.1) is 0 Å². The number of hydrogen-bond donors (Lipinski definition) is 2. The monoisotopic (exact) mass is 172 g/mol. The summed E-state index contributed by atoms with van der Waals surface area (Å²) in [4.78, 5) is 12.3. The molecular formula is C8H16N2O2. The van der Waals surface area contributed by atoms with Crippen molar-refractivity contribution in [2.75, 3.05) is 19.6 Å². The van der Waals surface area contributed by atoms with Crippen molar-refractivity contribution < 1.29 is 9.90 Å². The summed E-state index contributed by atoms with van der Waals surface area (Å²) in [5.41, 5.74) is 5.72. The Balaban J connectivity index is 2.30. The first-order chi connectivity index (χ1) is 5.59. The molecule has 0 aromatic carbocycles. The van der Waals surface area contributed by atoms with Gasteiger partial charge in [-0.2, -0.15) is 0 Å². The van der Waals surface area contributed by atoms with Crippen LogP contribution < -0.4 is 5.73 Å². The van der Waals surface area contributed by atoms with E-state index in [0.717, 1.165) is 19.5 Å². The van der Waals surface area contributed by atoms with Gasteiger partial charge in [0.25, 0.3) is 0 Å². The molecule has 4 nitrogen and oxygen atoms in total. The fourth-order valence-electron chi connectivity index (χ4n) is 1.63. The maximum absolute atomic E-state index is 10.4. The standard InChI is InChI=1S/C8H16N2O2/c1-6(9)7-2-3-10(4-7)5-8(11)12/h6-7H,2-5,9H2,1H3,(H,11,12). The fourth-order valence-corrected chi connectivity index (χ4v) is 1.63. The zero-order chi connectivity index (χ0) is 9.14. The van der Waals surface area contributed by atoms with Crippen LogP contribution >= 0.6 is 0 Å². The Kier molecular flexibility index (Phi) is 3.05. The average Bonchev–Trinajstić information content (AvgIpc) is 2.34. The molecule has 0 aromatic heterocycles. The molecule has 1 saturated heterocycles. The predicted octanol–water partition coefficient (Wildman–Crippen LogP) is -0.260. The van der Waals surface area contributed by atoms with E-state index < -0.39 is 5.97 Å². The summed E-state index contributed by atoms with van der Waals surface area (Å²) in [7, 11) is 0. The number of likely N-dealkylation sites (tertiary alicyclic amines) is 1. The third kappa shape index (κ3) is 2.46. The van der Waals surface area contributed by atoms with Gasteiger partial charge in [0, 0.05) is 12.6 Å². The van der Waals surface area contributed by atoms with Crippen molar-refractivity contribution in [3.63, 3.8) is 0 Å². The highest BCUT2D eigenvalue weighted by Gasteiger charge is 2.25. The predicted molar refractivity (Wildman–Crippen MR) is 45.8 cm³/mol. The summed E-state index contributed by atoms with van der Waals surface area (Å²) in [6.45, 7) is 3.85. The summed E-state index contributed by atoms with van der Waals surface area (Å²) in [5.74, 6) is -0.273. The maximum atomic E-state index is 10.4. The topological polar surface area (TPSA) is 66.6 Å². The van der Waals surface area contributed by atoms with E-state index in [1.165, 1.54) is 0 Å². The lowest BCUT2D eigenvalue weighted by molar-refractivity contribution is -0.138. The third-order valence-corrected chi connectivity index (χ3v) is 2.41. The molecule has 0 radical (unpaired) electrons. The van der Waals surface area contributed by atoms with Gasteiger partial charge in [-0.1, -0.05) is 0 Å². The summed E-state index contributed by atoms with van der Waals surface area (Å²) in [6.07, 6.45) is 1.03. The SMILES string of the molecule is CC(N)C1CCN(CC(=O)O)C1. The van der Waals surface area contributed by atoms with Crippen LogP contribution in [0.1, 0.15) is 13.3 Å². The third-order valence-electron chi connectivity index (χ3n) is 2.41. The van der Waals surface area contributed by atoms with Crippen LogP contribution in [0.2, 0.25) is 0 Å². The Morgan fingerprint density at radius 3 is 2.92 bits per heavy atom. The van der Waals surface area contributed by atoms with Crippen molar-refractivity contribution in [3.8, 4) is 0 Å². The molecule has 1 heterocycles. The van der Waals surface area contributed by atoms with E-state index >= 15 is 0 Å². The summed E-state index contributed by atoms with van der Waals surface area (Å²) >= 11 is 0. The molecule has 1 aliphatic heterocycles. The van der Waals surface area contributed by atoms with Crippen LogP contribution in [-0.4, -0.2) is 41.7 Å². The minimum atomic E-state index is -0.750. The van der Waals surface area contributed by atoms with Crippen molar-refractivity contribution in [1.29, 1.82) is 0 Å². The molecule has 0 saturated carbocycles. The molecule has 0 bridgehead atoms. The van der Waals surface area contributed by atoms with E-state index in [0.29, 0.717) is 5.92 Å². The van der Waals surface area contributed by atoms with Crippen LogP contribution in [0.3, 0.4) is 0 Å². The lowest BCUT2D eigenvalue weighted by Gasteiger charge is -2.15. The highest BCUT2D eigenvalue weighted by Crippen LogP contribution is 2.17. The van der Waals surface area contributed by atoms with E-state index in [1.54, 1.807) is 0 Å². The lowest BCUT2D eigenvalue weighted by Crippen LogP contribution is -2.32. The number of nitrogens with zero attached hydrogens (tertiary/aromatic N) is 1. The van der Waals surface area contributed by atoms with E-state index in [1.807, 2.05) is 11.8 Å². The highest BCUT2D eigenvalue weighted by atomic mass is 16.4. The molecule has 1 fully saturated rings. The first-order valence-corrected chi connectivity index (χ1v) is 4.29. The molecule has 2 unspecified atom stereocenters. The summed E-state index contributed by atoms with van der Waals surface area (Å²) in [6, 6.07) is 0.184. The number of hydrogen-bond acceptors (Lipinski definition) is 3. The van der Waals surface area contributed by atoms with Gasteiger partial charge >= 0.3 is 5.97 Å². The molecule has 3 N–H and O–H groups in total. The highest BCUT2D eigenvalue weighted by molar-refractivity contribution is 5.69. The number of carboxylic acid groups (broad SMARTS) is 1. The number of aliphatic carboxylic acids is 1. The number of carboxylic acids is 1. The number of carbonyl (C=O) groups is 1. The van der Waals surface area contributed by atoms with Crippen LogP contribution in [0.25, 0.3) is 0 Å².